The zero-order valence-corrected chi connectivity index (χ0v) is 11.9. The maximum absolute atomic E-state index is 14.2. The molecule has 1 aliphatic rings. The quantitative estimate of drug-likeness (QED) is 0.868. The number of carbonyl (C=O) groups is 1. The SMILES string of the molecule is CS(=O)(=O)c1c(F)cc(C2(C(=O)O)CCCC2)c(F)c1F. The minimum Gasteiger partial charge on any atom is -0.481 e. The molecule has 0 saturated heterocycles. The fourth-order valence-electron chi connectivity index (χ4n) is 2.84. The van der Waals surface area contributed by atoms with Crippen molar-refractivity contribution in [2.45, 2.75) is 36.0 Å². The van der Waals surface area contributed by atoms with Gasteiger partial charge in [0.2, 0.25) is 0 Å². The lowest BCUT2D eigenvalue weighted by Gasteiger charge is -2.25. The summed E-state index contributed by atoms with van der Waals surface area (Å²) in [5.41, 5.74) is -2.34. The highest BCUT2D eigenvalue weighted by molar-refractivity contribution is 7.90. The van der Waals surface area contributed by atoms with Gasteiger partial charge in [0.1, 0.15) is 10.7 Å². The van der Waals surface area contributed by atoms with Crippen LogP contribution < -0.4 is 0 Å². The van der Waals surface area contributed by atoms with Crippen LogP contribution in [0.1, 0.15) is 31.2 Å². The molecule has 1 aromatic carbocycles. The van der Waals surface area contributed by atoms with Gasteiger partial charge in [-0.3, -0.25) is 4.79 Å². The molecular formula is C13H13F3O4S. The number of aliphatic carboxylic acids is 1. The van der Waals surface area contributed by atoms with Crippen LogP contribution in [0, 0.1) is 17.5 Å². The van der Waals surface area contributed by atoms with Gasteiger partial charge in [0.05, 0.1) is 5.41 Å². The van der Waals surface area contributed by atoms with Crippen molar-refractivity contribution in [1.29, 1.82) is 0 Å². The van der Waals surface area contributed by atoms with Crippen LogP contribution >= 0.6 is 0 Å². The van der Waals surface area contributed by atoms with Gasteiger partial charge < -0.3 is 5.11 Å². The molecule has 0 aromatic heterocycles. The molecule has 0 unspecified atom stereocenters. The summed E-state index contributed by atoms with van der Waals surface area (Å²) >= 11 is 0. The zero-order chi connectivity index (χ0) is 16.0. The molecular weight excluding hydrogens is 309 g/mol. The Bertz CT molecular complexity index is 707. The molecule has 0 atom stereocenters. The predicted octanol–water partition coefficient (Wildman–Crippen LogP) is 2.40. The molecule has 1 fully saturated rings. The number of hydrogen-bond donors (Lipinski definition) is 1. The maximum Gasteiger partial charge on any atom is 0.314 e. The van der Waals surface area contributed by atoms with Crippen molar-refractivity contribution in [3.8, 4) is 0 Å². The third-order valence-corrected chi connectivity index (χ3v) is 4.99. The fraction of sp³-hybridized carbons (Fsp3) is 0.462. The molecule has 0 heterocycles. The van der Waals surface area contributed by atoms with Crippen LogP contribution in [-0.2, 0) is 20.0 Å². The van der Waals surface area contributed by atoms with Crippen LogP contribution in [-0.4, -0.2) is 25.7 Å². The summed E-state index contributed by atoms with van der Waals surface area (Å²) in [5, 5.41) is 9.32. The largest absolute Gasteiger partial charge is 0.481 e. The average molecular weight is 322 g/mol. The number of carboxylic acids is 1. The van der Waals surface area contributed by atoms with E-state index in [9.17, 15) is 31.5 Å². The smallest absolute Gasteiger partial charge is 0.314 e. The number of sulfone groups is 1. The van der Waals surface area contributed by atoms with Crippen LogP contribution in [0.2, 0.25) is 0 Å². The van der Waals surface area contributed by atoms with E-state index in [1.54, 1.807) is 0 Å². The first kappa shape index (κ1) is 15.8. The molecule has 1 saturated carbocycles. The molecule has 8 heteroatoms. The van der Waals surface area contributed by atoms with Crippen LogP contribution in [0.15, 0.2) is 11.0 Å². The molecule has 0 bridgehead atoms. The van der Waals surface area contributed by atoms with E-state index in [-0.39, 0.29) is 12.8 Å². The number of benzene rings is 1. The maximum atomic E-state index is 14.2. The van der Waals surface area contributed by atoms with Crippen LogP contribution in [0.25, 0.3) is 0 Å². The van der Waals surface area contributed by atoms with Crippen LogP contribution in [0.4, 0.5) is 13.2 Å². The molecule has 0 spiro atoms. The van der Waals surface area contributed by atoms with Crippen molar-refractivity contribution in [1.82, 2.24) is 0 Å². The molecule has 0 radical (unpaired) electrons. The molecule has 1 N–H and O–H groups in total. The average Bonchev–Trinajstić information content (AvgIpc) is 2.82. The molecule has 1 aliphatic carbocycles. The van der Waals surface area contributed by atoms with Crippen molar-refractivity contribution >= 4 is 15.8 Å². The molecule has 2 rings (SSSR count). The van der Waals surface area contributed by atoms with Gasteiger partial charge in [0, 0.05) is 11.8 Å². The lowest BCUT2D eigenvalue weighted by Crippen LogP contribution is -2.34. The van der Waals surface area contributed by atoms with Gasteiger partial charge in [-0.05, 0) is 18.9 Å². The lowest BCUT2D eigenvalue weighted by molar-refractivity contribution is -0.143. The highest BCUT2D eigenvalue weighted by atomic mass is 32.2. The monoisotopic (exact) mass is 322 g/mol. The summed E-state index contributed by atoms with van der Waals surface area (Å²) in [5.74, 6) is -6.31. The minimum absolute atomic E-state index is 0.0519. The van der Waals surface area contributed by atoms with Crippen LogP contribution in [0.3, 0.4) is 0 Å². The van der Waals surface area contributed by atoms with Crippen molar-refractivity contribution in [3.05, 3.63) is 29.1 Å². The first-order valence-corrected chi connectivity index (χ1v) is 8.12. The lowest BCUT2D eigenvalue weighted by atomic mass is 9.78. The molecule has 0 amide bonds. The van der Waals surface area contributed by atoms with Gasteiger partial charge in [-0.15, -0.1) is 0 Å². The Morgan fingerprint density at radius 1 is 1.19 bits per heavy atom. The molecule has 4 nitrogen and oxygen atoms in total. The zero-order valence-electron chi connectivity index (χ0n) is 11.1. The highest BCUT2D eigenvalue weighted by Gasteiger charge is 2.46. The van der Waals surface area contributed by atoms with Gasteiger partial charge in [-0.25, -0.2) is 21.6 Å². The van der Waals surface area contributed by atoms with Crippen LogP contribution in [0.5, 0.6) is 0 Å². The first-order valence-electron chi connectivity index (χ1n) is 6.22. The third kappa shape index (κ3) is 2.41. The Labute approximate surface area is 119 Å². The second-order valence-electron chi connectivity index (χ2n) is 5.23. The highest BCUT2D eigenvalue weighted by Crippen LogP contribution is 2.44. The summed E-state index contributed by atoms with van der Waals surface area (Å²) in [6.45, 7) is 0. The Morgan fingerprint density at radius 3 is 2.14 bits per heavy atom. The van der Waals surface area contributed by atoms with Gasteiger partial charge in [0.25, 0.3) is 0 Å². The van der Waals surface area contributed by atoms with E-state index in [2.05, 4.69) is 0 Å². The second-order valence-corrected chi connectivity index (χ2v) is 7.18. The molecule has 0 aliphatic heterocycles. The van der Waals surface area contributed by atoms with E-state index < -0.39 is 49.1 Å². The summed E-state index contributed by atoms with van der Waals surface area (Å²) in [6.07, 6.45) is 1.63. The number of carboxylic acid groups (broad SMARTS) is 1. The first-order chi connectivity index (χ1) is 9.61. The van der Waals surface area contributed by atoms with Gasteiger partial charge in [0.15, 0.2) is 21.5 Å². The van der Waals surface area contributed by atoms with Gasteiger partial charge in [-0.1, -0.05) is 12.8 Å². The van der Waals surface area contributed by atoms with E-state index in [0.29, 0.717) is 25.2 Å². The van der Waals surface area contributed by atoms with E-state index in [4.69, 9.17) is 0 Å². The number of rotatable bonds is 3. The van der Waals surface area contributed by atoms with E-state index in [0.717, 1.165) is 0 Å². The Balaban J connectivity index is 2.76. The van der Waals surface area contributed by atoms with Crippen molar-refractivity contribution in [2.24, 2.45) is 0 Å². The third-order valence-electron chi connectivity index (χ3n) is 3.87. The van der Waals surface area contributed by atoms with E-state index in [1.165, 1.54) is 0 Å². The van der Waals surface area contributed by atoms with E-state index >= 15 is 0 Å². The fourth-order valence-corrected chi connectivity index (χ4v) is 3.67. The standard InChI is InChI=1S/C13H13F3O4S/c1-21(19,20)11-8(14)6-7(9(15)10(11)16)13(12(17)18)4-2-3-5-13/h6H,2-5H2,1H3,(H,17,18). The summed E-state index contributed by atoms with van der Waals surface area (Å²) < 4.78 is 64.6. The minimum atomic E-state index is -4.30. The van der Waals surface area contributed by atoms with Crippen molar-refractivity contribution in [2.75, 3.05) is 6.26 Å². The Morgan fingerprint density at radius 2 is 1.71 bits per heavy atom. The second kappa shape index (κ2) is 5.01. The summed E-state index contributed by atoms with van der Waals surface area (Å²) in [4.78, 5) is 10.1. The number of hydrogen-bond acceptors (Lipinski definition) is 3. The summed E-state index contributed by atoms with van der Waals surface area (Å²) in [7, 11) is -4.30. The molecule has 21 heavy (non-hydrogen) atoms. The molecule has 1 aromatic rings. The van der Waals surface area contributed by atoms with E-state index in [1.807, 2.05) is 0 Å². The predicted molar refractivity (Wildman–Crippen MR) is 67.2 cm³/mol. The Kier molecular flexibility index (Phi) is 3.77. The summed E-state index contributed by atoms with van der Waals surface area (Å²) in [6, 6.07) is 0.494. The van der Waals surface area contributed by atoms with Crippen molar-refractivity contribution in [3.63, 3.8) is 0 Å². The Hall–Kier alpha value is -1.57. The van der Waals surface area contributed by atoms with Gasteiger partial charge in [-0.2, -0.15) is 0 Å². The van der Waals surface area contributed by atoms with Gasteiger partial charge >= 0.3 is 5.97 Å². The topological polar surface area (TPSA) is 71.4 Å². The normalized spacial score (nSPS) is 17.9. The number of halogens is 3. The van der Waals surface area contributed by atoms with Crippen molar-refractivity contribution < 1.29 is 31.5 Å². The molecule has 116 valence electrons.